The number of carbonyl (C=O) groups is 1. The molecule has 0 aliphatic heterocycles. The minimum absolute atomic E-state index is 0.105. The zero-order valence-electron chi connectivity index (χ0n) is 12.2. The molecule has 0 aliphatic carbocycles. The number of hydrogen-bond acceptors (Lipinski definition) is 6. The van der Waals surface area contributed by atoms with Crippen molar-refractivity contribution >= 4 is 5.97 Å². The van der Waals surface area contributed by atoms with Gasteiger partial charge in [-0.15, -0.1) is 5.10 Å². The molecule has 8 nitrogen and oxygen atoms in total. The Bertz CT molecular complexity index is 815. The van der Waals surface area contributed by atoms with Gasteiger partial charge in [0.1, 0.15) is 18.0 Å². The largest absolute Gasteiger partial charge is 0.478 e. The lowest BCUT2D eigenvalue weighted by atomic mass is 10.2. The number of carboxylic acid groups (broad SMARTS) is 1. The minimum atomic E-state index is -1.03. The van der Waals surface area contributed by atoms with Crippen LogP contribution in [0.5, 0.6) is 5.88 Å². The molecule has 0 amide bonds. The monoisotopic (exact) mass is 311 g/mol. The van der Waals surface area contributed by atoms with Crippen LogP contribution < -0.4 is 4.74 Å². The molecule has 0 atom stereocenters. The fourth-order valence-corrected chi connectivity index (χ4v) is 1.97. The van der Waals surface area contributed by atoms with Crippen molar-refractivity contribution in [3.63, 3.8) is 0 Å². The lowest BCUT2D eigenvalue weighted by Crippen LogP contribution is -2.06. The predicted molar refractivity (Wildman–Crippen MR) is 79.8 cm³/mol. The summed E-state index contributed by atoms with van der Waals surface area (Å²) >= 11 is 0. The van der Waals surface area contributed by atoms with E-state index in [4.69, 9.17) is 9.84 Å². The SMILES string of the molecule is Cn1nnc(-c2ccccn2)c1COc1ccc(C(=O)O)cn1. The van der Waals surface area contributed by atoms with Gasteiger partial charge in [0.15, 0.2) is 0 Å². The third kappa shape index (κ3) is 3.15. The first-order valence-corrected chi connectivity index (χ1v) is 6.77. The van der Waals surface area contributed by atoms with Crippen LogP contribution in [-0.2, 0) is 13.7 Å². The van der Waals surface area contributed by atoms with Crippen LogP contribution in [-0.4, -0.2) is 36.0 Å². The van der Waals surface area contributed by atoms with E-state index in [0.29, 0.717) is 17.3 Å². The van der Waals surface area contributed by atoms with E-state index in [1.807, 2.05) is 18.2 Å². The molecule has 3 heterocycles. The van der Waals surface area contributed by atoms with Gasteiger partial charge >= 0.3 is 5.97 Å². The number of aromatic carboxylic acids is 1. The third-order valence-corrected chi connectivity index (χ3v) is 3.19. The number of ether oxygens (including phenoxy) is 1. The first kappa shape index (κ1) is 14.6. The molecule has 0 aliphatic rings. The van der Waals surface area contributed by atoms with Gasteiger partial charge in [0.2, 0.25) is 5.88 Å². The Morgan fingerprint density at radius 3 is 2.78 bits per heavy atom. The highest BCUT2D eigenvalue weighted by molar-refractivity contribution is 5.87. The van der Waals surface area contributed by atoms with Crippen molar-refractivity contribution in [3.05, 3.63) is 54.0 Å². The Kier molecular flexibility index (Phi) is 3.96. The first-order chi connectivity index (χ1) is 11.1. The minimum Gasteiger partial charge on any atom is -0.478 e. The second-order valence-corrected chi connectivity index (χ2v) is 4.70. The highest BCUT2D eigenvalue weighted by Crippen LogP contribution is 2.19. The smallest absolute Gasteiger partial charge is 0.337 e. The van der Waals surface area contributed by atoms with Crippen molar-refractivity contribution in [1.29, 1.82) is 0 Å². The molecule has 0 bridgehead atoms. The number of aryl methyl sites for hydroxylation is 1. The zero-order valence-corrected chi connectivity index (χ0v) is 12.2. The van der Waals surface area contributed by atoms with E-state index in [9.17, 15) is 4.79 Å². The molecule has 0 unspecified atom stereocenters. The number of pyridine rings is 2. The normalized spacial score (nSPS) is 10.5. The Balaban J connectivity index is 1.78. The Hall–Kier alpha value is -3.29. The van der Waals surface area contributed by atoms with Crippen molar-refractivity contribution in [1.82, 2.24) is 25.0 Å². The van der Waals surface area contributed by atoms with Crippen molar-refractivity contribution in [2.45, 2.75) is 6.61 Å². The second kappa shape index (κ2) is 6.22. The Morgan fingerprint density at radius 1 is 1.26 bits per heavy atom. The topological polar surface area (TPSA) is 103 Å². The van der Waals surface area contributed by atoms with Crippen molar-refractivity contribution in [2.75, 3.05) is 0 Å². The fraction of sp³-hybridized carbons (Fsp3) is 0.133. The quantitative estimate of drug-likeness (QED) is 0.762. The maximum Gasteiger partial charge on any atom is 0.337 e. The molecule has 3 aromatic rings. The van der Waals surface area contributed by atoms with E-state index in [2.05, 4.69) is 20.3 Å². The molecule has 0 aromatic carbocycles. The van der Waals surface area contributed by atoms with Gasteiger partial charge in [0, 0.05) is 25.5 Å². The summed E-state index contributed by atoms with van der Waals surface area (Å²) in [7, 11) is 1.76. The van der Waals surface area contributed by atoms with Gasteiger partial charge in [-0.25, -0.2) is 14.5 Å². The van der Waals surface area contributed by atoms with E-state index < -0.39 is 5.97 Å². The summed E-state index contributed by atoms with van der Waals surface area (Å²) in [4.78, 5) is 19.0. The molecule has 23 heavy (non-hydrogen) atoms. The molecule has 3 rings (SSSR count). The average Bonchev–Trinajstić information content (AvgIpc) is 2.95. The van der Waals surface area contributed by atoms with E-state index in [0.717, 1.165) is 5.69 Å². The molecule has 0 saturated heterocycles. The summed E-state index contributed by atoms with van der Waals surface area (Å²) in [6, 6.07) is 8.48. The van der Waals surface area contributed by atoms with Crippen LogP contribution >= 0.6 is 0 Å². The summed E-state index contributed by atoms with van der Waals surface area (Å²) in [5.74, 6) is -0.708. The lowest BCUT2D eigenvalue weighted by molar-refractivity contribution is 0.0696. The van der Waals surface area contributed by atoms with E-state index in [-0.39, 0.29) is 12.2 Å². The molecule has 8 heteroatoms. The van der Waals surface area contributed by atoms with Gasteiger partial charge in [-0.1, -0.05) is 11.3 Å². The van der Waals surface area contributed by atoms with Crippen LogP contribution in [0.1, 0.15) is 16.1 Å². The van der Waals surface area contributed by atoms with Crippen molar-refractivity contribution in [2.24, 2.45) is 7.05 Å². The summed E-state index contributed by atoms with van der Waals surface area (Å²) in [6.07, 6.45) is 2.93. The molecule has 0 saturated carbocycles. The zero-order chi connectivity index (χ0) is 16.2. The van der Waals surface area contributed by atoms with Crippen LogP contribution in [0, 0.1) is 0 Å². The Morgan fingerprint density at radius 2 is 2.13 bits per heavy atom. The Labute approximate surface area is 131 Å². The maximum absolute atomic E-state index is 10.8. The van der Waals surface area contributed by atoms with Gasteiger partial charge in [-0.05, 0) is 18.2 Å². The highest BCUT2D eigenvalue weighted by atomic mass is 16.5. The fourth-order valence-electron chi connectivity index (χ4n) is 1.97. The maximum atomic E-state index is 10.8. The van der Waals surface area contributed by atoms with Gasteiger partial charge in [0.05, 0.1) is 11.3 Å². The number of nitrogens with zero attached hydrogens (tertiary/aromatic N) is 5. The van der Waals surface area contributed by atoms with Gasteiger partial charge in [0.25, 0.3) is 0 Å². The van der Waals surface area contributed by atoms with Crippen LogP contribution in [0.3, 0.4) is 0 Å². The summed E-state index contributed by atoms with van der Waals surface area (Å²) < 4.78 is 7.20. The summed E-state index contributed by atoms with van der Waals surface area (Å²) in [5, 5.41) is 16.9. The van der Waals surface area contributed by atoms with Crippen molar-refractivity contribution < 1.29 is 14.6 Å². The van der Waals surface area contributed by atoms with Crippen LogP contribution in [0.25, 0.3) is 11.4 Å². The average molecular weight is 311 g/mol. The van der Waals surface area contributed by atoms with E-state index >= 15 is 0 Å². The molecule has 3 aromatic heterocycles. The van der Waals surface area contributed by atoms with Crippen LogP contribution in [0.2, 0.25) is 0 Å². The van der Waals surface area contributed by atoms with E-state index in [1.165, 1.54) is 18.3 Å². The lowest BCUT2D eigenvalue weighted by Gasteiger charge is -2.07. The van der Waals surface area contributed by atoms with Gasteiger partial charge in [-0.2, -0.15) is 0 Å². The van der Waals surface area contributed by atoms with Gasteiger partial charge in [-0.3, -0.25) is 4.98 Å². The molecule has 116 valence electrons. The molecular formula is C15H13N5O3. The predicted octanol–water partition coefficient (Wildman–Crippen LogP) is 1.55. The van der Waals surface area contributed by atoms with E-state index in [1.54, 1.807) is 17.9 Å². The highest BCUT2D eigenvalue weighted by Gasteiger charge is 2.14. The number of carboxylic acids is 1. The molecule has 0 spiro atoms. The number of aromatic nitrogens is 5. The van der Waals surface area contributed by atoms with Crippen LogP contribution in [0.15, 0.2) is 42.7 Å². The molecule has 1 N–H and O–H groups in total. The van der Waals surface area contributed by atoms with Gasteiger partial charge < -0.3 is 9.84 Å². The second-order valence-electron chi connectivity index (χ2n) is 4.70. The third-order valence-electron chi connectivity index (χ3n) is 3.19. The van der Waals surface area contributed by atoms with Crippen molar-refractivity contribution in [3.8, 4) is 17.3 Å². The molecule has 0 fully saturated rings. The molecular weight excluding hydrogens is 298 g/mol. The standard InChI is InChI=1S/C15H13N5O3/c1-20-12(14(18-19-20)11-4-2-3-7-16-11)9-23-13-6-5-10(8-17-13)15(21)22/h2-8H,9H2,1H3,(H,21,22). The van der Waals surface area contributed by atoms with Crippen LogP contribution in [0.4, 0.5) is 0 Å². The summed E-state index contributed by atoms with van der Waals surface area (Å²) in [6.45, 7) is 0.189. The first-order valence-electron chi connectivity index (χ1n) is 6.77. The molecule has 0 radical (unpaired) electrons. The number of hydrogen-bond donors (Lipinski definition) is 1. The summed E-state index contributed by atoms with van der Waals surface area (Å²) in [5.41, 5.74) is 2.19. The number of rotatable bonds is 5.